The van der Waals surface area contributed by atoms with Crippen molar-refractivity contribution in [3.63, 3.8) is 0 Å². The summed E-state index contributed by atoms with van der Waals surface area (Å²) in [6, 6.07) is 19.2. The number of rotatable bonds is 4. The van der Waals surface area contributed by atoms with Crippen LogP contribution in [-0.4, -0.2) is 15.8 Å². The lowest BCUT2D eigenvalue weighted by Crippen LogP contribution is -1.98. The van der Waals surface area contributed by atoms with Crippen molar-refractivity contribution in [1.29, 1.82) is 0 Å². The zero-order valence-corrected chi connectivity index (χ0v) is 14.2. The van der Waals surface area contributed by atoms with E-state index in [2.05, 4.69) is 15.5 Å². The van der Waals surface area contributed by atoms with Crippen LogP contribution in [0.1, 0.15) is 5.76 Å². The second kappa shape index (κ2) is 6.45. The Morgan fingerprint density at radius 3 is 2.68 bits per heavy atom. The van der Waals surface area contributed by atoms with E-state index in [-0.39, 0.29) is 0 Å². The van der Waals surface area contributed by atoms with Crippen LogP contribution in [0.5, 0.6) is 0 Å². The molecular formula is C19H15ClN4O. The van der Waals surface area contributed by atoms with Crippen molar-refractivity contribution in [1.82, 2.24) is 9.55 Å². The Balaban J connectivity index is 1.50. The number of furan rings is 1. The Hall–Kier alpha value is -3.05. The zero-order chi connectivity index (χ0) is 17.2. The molecular weight excluding hydrogens is 336 g/mol. The fourth-order valence-corrected chi connectivity index (χ4v) is 2.72. The van der Waals surface area contributed by atoms with Crippen LogP contribution in [-0.2, 0) is 7.05 Å². The number of hydrogen-bond donors (Lipinski definition) is 1. The van der Waals surface area contributed by atoms with E-state index in [0.29, 0.717) is 16.7 Å². The highest BCUT2D eigenvalue weighted by molar-refractivity contribution is 6.30. The molecule has 0 fully saturated rings. The molecule has 0 bridgehead atoms. The Morgan fingerprint density at radius 2 is 1.88 bits per heavy atom. The summed E-state index contributed by atoms with van der Waals surface area (Å²) >= 11 is 5.91. The summed E-state index contributed by atoms with van der Waals surface area (Å²) in [7, 11) is 1.94. The van der Waals surface area contributed by atoms with Crippen LogP contribution in [0.25, 0.3) is 22.4 Å². The first-order valence-electron chi connectivity index (χ1n) is 7.77. The molecule has 0 saturated carbocycles. The monoisotopic (exact) mass is 350 g/mol. The fraction of sp³-hybridized carbons (Fsp3) is 0.0526. The number of anilines is 1. The van der Waals surface area contributed by atoms with Gasteiger partial charge < -0.3 is 8.98 Å². The quantitative estimate of drug-likeness (QED) is 0.419. The van der Waals surface area contributed by atoms with Crippen LogP contribution in [0.4, 0.5) is 5.95 Å². The summed E-state index contributed by atoms with van der Waals surface area (Å²) < 4.78 is 7.73. The van der Waals surface area contributed by atoms with E-state index in [4.69, 9.17) is 16.0 Å². The van der Waals surface area contributed by atoms with Gasteiger partial charge in [-0.25, -0.2) is 10.4 Å². The summed E-state index contributed by atoms with van der Waals surface area (Å²) in [6.45, 7) is 0. The van der Waals surface area contributed by atoms with Gasteiger partial charge in [-0.3, -0.25) is 0 Å². The first-order chi connectivity index (χ1) is 12.2. The number of para-hydroxylation sites is 2. The van der Waals surface area contributed by atoms with E-state index in [0.717, 1.165) is 22.4 Å². The molecule has 0 spiro atoms. The topological polar surface area (TPSA) is 55.4 Å². The van der Waals surface area contributed by atoms with Crippen molar-refractivity contribution in [3.8, 4) is 11.3 Å². The summed E-state index contributed by atoms with van der Waals surface area (Å²) in [5, 5.41) is 4.91. The van der Waals surface area contributed by atoms with Gasteiger partial charge in [0.05, 0.1) is 17.2 Å². The molecule has 0 radical (unpaired) electrons. The maximum Gasteiger partial charge on any atom is 0.224 e. The van der Waals surface area contributed by atoms with Crippen LogP contribution in [0.2, 0.25) is 5.02 Å². The number of hydrogen-bond acceptors (Lipinski definition) is 4. The van der Waals surface area contributed by atoms with E-state index in [1.54, 1.807) is 6.21 Å². The second-order valence-corrected chi connectivity index (χ2v) is 6.00. The third kappa shape index (κ3) is 3.14. The minimum absolute atomic E-state index is 0.649. The first kappa shape index (κ1) is 15.5. The third-order valence-corrected chi connectivity index (χ3v) is 4.15. The predicted octanol–water partition coefficient (Wildman–Crippen LogP) is 4.93. The molecule has 0 aliphatic rings. The summed E-state index contributed by atoms with van der Waals surface area (Å²) in [4.78, 5) is 4.50. The van der Waals surface area contributed by atoms with Gasteiger partial charge in [-0.2, -0.15) is 5.10 Å². The van der Waals surface area contributed by atoms with Gasteiger partial charge in [0.15, 0.2) is 0 Å². The van der Waals surface area contributed by atoms with E-state index in [1.807, 2.05) is 72.3 Å². The number of hydrazone groups is 1. The molecule has 0 aliphatic carbocycles. The van der Waals surface area contributed by atoms with Crippen LogP contribution in [0.3, 0.4) is 0 Å². The van der Waals surface area contributed by atoms with Crippen molar-refractivity contribution in [2.24, 2.45) is 12.1 Å². The number of benzene rings is 2. The molecule has 0 aliphatic heterocycles. The van der Waals surface area contributed by atoms with Crippen molar-refractivity contribution < 1.29 is 4.42 Å². The Bertz CT molecular complexity index is 1050. The summed E-state index contributed by atoms with van der Waals surface area (Å²) in [6.07, 6.45) is 1.62. The Kier molecular flexibility index (Phi) is 3.99. The smallest absolute Gasteiger partial charge is 0.224 e. The number of halogens is 1. The molecule has 0 atom stereocenters. The van der Waals surface area contributed by atoms with Crippen LogP contribution in [0.15, 0.2) is 70.2 Å². The molecule has 0 saturated heterocycles. The van der Waals surface area contributed by atoms with E-state index in [9.17, 15) is 0 Å². The molecule has 0 unspecified atom stereocenters. The SMILES string of the molecule is Cn1c(N/N=C\c2ccc(-c3ccc(Cl)cc3)o2)nc2ccccc21. The molecule has 0 amide bonds. The number of fused-ring (bicyclic) bond motifs is 1. The molecule has 2 aromatic carbocycles. The van der Waals surface area contributed by atoms with E-state index < -0.39 is 0 Å². The Labute approximate surface area is 149 Å². The molecule has 2 heterocycles. The fourth-order valence-electron chi connectivity index (χ4n) is 2.59. The molecule has 1 N–H and O–H groups in total. The number of nitrogens with one attached hydrogen (secondary N) is 1. The summed E-state index contributed by atoms with van der Waals surface area (Å²) in [5.74, 6) is 2.08. The van der Waals surface area contributed by atoms with Gasteiger partial charge in [-0.05, 0) is 48.5 Å². The highest BCUT2D eigenvalue weighted by Crippen LogP contribution is 2.23. The van der Waals surface area contributed by atoms with Crippen LogP contribution in [0, 0.1) is 0 Å². The van der Waals surface area contributed by atoms with Gasteiger partial charge in [-0.15, -0.1) is 0 Å². The van der Waals surface area contributed by atoms with Gasteiger partial charge in [0.2, 0.25) is 5.95 Å². The average Bonchev–Trinajstić information content (AvgIpc) is 3.22. The maximum atomic E-state index is 5.91. The highest BCUT2D eigenvalue weighted by atomic mass is 35.5. The van der Waals surface area contributed by atoms with Crippen molar-refractivity contribution in [2.75, 3.05) is 5.43 Å². The highest BCUT2D eigenvalue weighted by Gasteiger charge is 2.06. The lowest BCUT2D eigenvalue weighted by atomic mass is 10.2. The molecule has 6 heteroatoms. The number of aryl methyl sites for hydroxylation is 1. The zero-order valence-electron chi connectivity index (χ0n) is 13.5. The van der Waals surface area contributed by atoms with Crippen LogP contribution >= 0.6 is 11.6 Å². The van der Waals surface area contributed by atoms with E-state index >= 15 is 0 Å². The number of aromatic nitrogens is 2. The minimum Gasteiger partial charge on any atom is -0.455 e. The normalized spacial score (nSPS) is 11.4. The van der Waals surface area contributed by atoms with Crippen molar-refractivity contribution >= 4 is 34.8 Å². The largest absolute Gasteiger partial charge is 0.455 e. The van der Waals surface area contributed by atoms with Gasteiger partial charge in [0.1, 0.15) is 11.5 Å². The van der Waals surface area contributed by atoms with Gasteiger partial charge in [0, 0.05) is 17.6 Å². The van der Waals surface area contributed by atoms with Crippen molar-refractivity contribution in [3.05, 3.63) is 71.4 Å². The molecule has 2 aromatic heterocycles. The van der Waals surface area contributed by atoms with Crippen LogP contribution < -0.4 is 5.43 Å². The maximum absolute atomic E-state index is 5.91. The molecule has 5 nitrogen and oxygen atoms in total. The molecule has 4 aromatic rings. The molecule has 124 valence electrons. The standard InChI is InChI=1S/C19H15ClN4O/c1-24-17-5-3-2-4-16(17)22-19(24)23-21-12-15-10-11-18(25-15)13-6-8-14(20)9-7-13/h2-12H,1H3,(H,22,23)/b21-12-. The van der Waals surface area contributed by atoms with E-state index in [1.165, 1.54) is 0 Å². The van der Waals surface area contributed by atoms with Gasteiger partial charge >= 0.3 is 0 Å². The minimum atomic E-state index is 0.649. The van der Waals surface area contributed by atoms with Gasteiger partial charge in [-0.1, -0.05) is 23.7 Å². The number of nitrogens with zero attached hydrogens (tertiary/aromatic N) is 3. The average molecular weight is 351 g/mol. The lowest BCUT2D eigenvalue weighted by Gasteiger charge is -1.99. The number of imidazole rings is 1. The lowest BCUT2D eigenvalue weighted by molar-refractivity contribution is 0.575. The second-order valence-electron chi connectivity index (χ2n) is 5.56. The summed E-state index contributed by atoms with van der Waals surface area (Å²) in [5.41, 5.74) is 5.88. The Morgan fingerprint density at radius 1 is 1.08 bits per heavy atom. The van der Waals surface area contributed by atoms with Crippen molar-refractivity contribution in [2.45, 2.75) is 0 Å². The molecule has 4 rings (SSSR count). The molecule has 25 heavy (non-hydrogen) atoms. The first-order valence-corrected chi connectivity index (χ1v) is 8.15. The predicted molar refractivity (Wildman–Crippen MR) is 101 cm³/mol. The third-order valence-electron chi connectivity index (χ3n) is 3.90. The van der Waals surface area contributed by atoms with Gasteiger partial charge in [0.25, 0.3) is 0 Å².